The molecule has 0 aromatic carbocycles. The first-order valence-electron chi connectivity index (χ1n) is 4.15. The minimum Gasteiger partial charge on any atom is -0.260 e. The Bertz CT molecular complexity index is 342. The largest absolute Gasteiger partial charge is 0.260 e. The first-order valence-corrected chi connectivity index (χ1v) is 4.15. The Labute approximate surface area is 70.9 Å². The molecule has 1 aromatic heterocycles. The Hall–Kier alpha value is -1.18. The summed E-state index contributed by atoms with van der Waals surface area (Å²) >= 11 is 0. The fraction of sp³-hybridized carbons (Fsp3) is 0.300. The second kappa shape index (κ2) is 2.70. The lowest BCUT2D eigenvalue weighted by Crippen LogP contribution is -1.91. The van der Waals surface area contributed by atoms with Crippen LogP contribution in [0.4, 0.5) is 4.39 Å². The fourth-order valence-electron chi connectivity index (χ4n) is 1.40. The number of fused-ring (bicyclic) bond motifs is 1. The van der Waals surface area contributed by atoms with Gasteiger partial charge in [0.25, 0.3) is 0 Å². The smallest absolute Gasteiger partial charge is 0.128 e. The van der Waals surface area contributed by atoms with E-state index in [9.17, 15) is 4.39 Å². The summed E-state index contributed by atoms with van der Waals surface area (Å²) in [6.07, 6.45) is 4.96. The van der Waals surface area contributed by atoms with E-state index < -0.39 is 0 Å². The SMILES string of the molecule is CCc1cnc2c(c1)C(F)=CC2. The summed E-state index contributed by atoms with van der Waals surface area (Å²) in [7, 11) is 0. The van der Waals surface area contributed by atoms with Gasteiger partial charge in [-0.15, -0.1) is 0 Å². The van der Waals surface area contributed by atoms with Crippen LogP contribution in [0.1, 0.15) is 23.7 Å². The maximum atomic E-state index is 13.1. The average molecular weight is 163 g/mol. The van der Waals surface area contributed by atoms with E-state index in [1.54, 1.807) is 6.08 Å². The van der Waals surface area contributed by atoms with E-state index in [0.717, 1.165) is 17.7 Å². The van der Waals surface area contributed by atoms with Gasteiger partial charge in [-0.3, -0.25) is 4.98 Å². The van der Waals surface area contributed by atoms with Crippen LogP contribution in [0.15, 0.2) is 18.3 Å². The second-order valence-electron chi connectivity index (χ2n) is 2.95. The highest BCUT2D eigenvalue weighted by atomic mass is 19.1. The van der Waals surface area contributed by atoms with Gasteiger partial charge in [-0.05, 0) is 24.1 Å². The topological polar surface area (TPSA) is 12.9 Å². The van der Waals surface area contributed by atoms with E-state index in [1.165, 1.54) is 0 Å². The van der Waals surface area contributed by atoms with Crippen LogP contribution >= 0.6 is 0 Å². The molecule has 0 unspecified atom stereocenters. The summed E-state index contributed by atoms with van der Waals surface area (Å²) in [6.45, 7) is 2.04. The van der Waals surface area contributed by atoms with Crippen molar-refractivity contribution < 1.29 is 4.39 Å². The van der Waals surface area contributed by atoms with E-state index in [0.29, 0.717) is 12.0 Å². The Kier molecular flexibility index (Phi) is 1.68. The predicted octanol–water partition coefficient (Wildman–Crippen LogP) is 2.51. The third-order valence-electron chi connectivity index (χ3n) is 2.17. The minimum absolute atomic E-state index is 0.118. The molecule has 1 aliphatic carbocycles. The van der Waals surface area contributed by atoms with Crippen molar-refractivity contribution in [2.45, 2.75) is 19.8 Å². The number of rotatable bonds is 1. The maximum Gasteiger partial charge on any atom is 0.128 e. The maximum absolute atomic E-state index is 13.1. The normalized spacial score (nSPS) is 14.3. The first-order chi connectivity index (χ1) is 5.81. The van der Waals surface area contributed by atoms with Crippen LogP contribution in [0.3, 0.4) is 0 Å². The van der Waals surface area contributed by atoms with E-state index in [1.807, 2.05) is 19.2 Å². The lowest BCUT2D eigenvalue weighted by Gasteiger charge is -2.00. The number of allylic oxidation sites excluding steroid dienone is 1. The average Bonchev–Trinajstić information content (AvgIpc) is 2.47. The van der Waals surface area contributed by atoms with Crippen LogP contribution in [-0.2, 0) is 12.8 Å². The molecule has 1 heterocycles. The molecule has 12 heavy (non-hydrogen) atoms. The van der Waals surface area contributed by atoms with Crippen molar-refractivity contribution in [3.8, 4) is 0 Å². The molecule has 2 heteroatoms. The van der Waals surface area contributed by atoms with Crippen LogP contribution in [0.2, 0.25) is 0 Å². The number of aryl methyl sites for hydroxylation is 1. The highest BCUT2D eigenvalue weighted by molar-refractivity contribution is 5.66. The molecule has 0 atom stereocenters. The molecule has 1 aliphatic rings. The van der Waals surface area contributed by atoms with Gasteiger partial charge in [-0.1, -0.05) is 6.92 Å². The zero-order chi connectivity index (χ0) is 8.55. The summed E-state index contributed by atoms with van der Waals surface area (Å²) in [5.41, 5.74) is 2.65. The highest BCUT2D eigenvalue weighted by Gasteiger charge is 2.14. The van der Waals surface area contributed by atoms with Gasteiger partial charge >= 0.3 is 0 Å². The van der Waals surface area contributed by atoms with Crippen molar-refractivity contribution >= 4 is 5.83 Å². The van der Waals surface area contributed by atoms with Gasteiger partial charge in [-0.2, -0.15) is 0 Å². The summed E-state index contributed by atoms with van der Waals surface area (Å²) in [5.74, 6) is -0.118. The lowest BCUT2D eigenvalue weighted by atomic mass is 10.1. The van der Waals surface area contributed by atoms with Crippen LogP contribution in [0, 0.1) is 0 Å². The number of aromatic nitrogens is 1. The Morgan fingerprint density at radius 1 is 1.58 bits per heavy atom. The molecule has 0 saturated heterocycles. The summed E-state index contributed by atoms with van der Waals surface area (Å²) in [4.78, 5) is 4.19. The van der Waals surface area contributed by atoms with Gasteiger partial charge in [0.1, 0.15) is 5.83 Å². The Balaban J connectivity index is 2.50. The standard InChI is InChI=1S/C10H10FN/c1-2-7-5-8-9(11)3-4-10(8)12-6-7/h3,5-6H,2,4H2,1H3. The van der Waals surface area contributed by atoms with Crippen LogP contribution in [-0.4, -0.2) is 4.98 Å². The van der Waals surface area contributed by atoms with Gasteiger partial charge in [0.15, 0.2) is 0 Å². The Morgan fingerprint density at radius 2 is 2.42 bits per heavy atom. The molecule has 62 valence electrons. The molecule has 2 rings (SSSR count). The molecule has 0 saturated carbocycles. The van der Waals surface area contributed by atoms with E-state index in [4.69, 9.17) is 0 Å². The molecule has 1 aromatic rings. The molecule has 0 aliphatic heterocycles. The van der Waals surface area contributed by atoms with Crippen LogP contribution in [0.25, 0.3) is 5.83 Å². The number of halogens is 1. The number of nitrogens with zero attached hydrogens (tertiary/aromatic N) is 1. The zero-order valence-electron chi connectivity index (χ0n) is 6.97. The highest BCUT2D eigenvalue weighted by Crippen LogP contribution is 2.27. The molecule has 0 spiro atoms. The molecule has 0 radical (unpaired) electrons. The van der Waals surface area contributed by atoms with Crippen molar-refractivity contribution in [2.24, 2.45) is 0 Å². The first kappa shape index (κ1) is 7.47. The van der Waals surface area contributed by atoms with Crippen LogP contribution in [0.5, 0.6) is 0 Å². The summed E-state index contributed by atoms with van der Waals surface area (Å²) in [5, 5.41) is 0. The molecule has 1 nitrogen and oxygen atoms in total. The molecular weight excluding hydrogens is 153 g/mol. The minimum atomic E-state index is -0.118. The van der Waals surface area contributed by atoms with Gasteiger partial charge in [0.2, 0.25) is 0 Å². The van der Waals surface area contributed by atoms with Crippen molar-refractivity contribution in [1.82, 2.24) is 4.98 Å². The lowest BCUT2D eigenvalue weighted by molar-refractivity contribution is 0.761. The Morgan fingerprint density at radius 3 is 3.17 bits per heavy atom. The molecule has 0 amide bonds. The van der Waals surface area contributed by atoms with Crippen molar-refractivity contribution in [1.29, 1.82) is 0 Å². The zero-order valence-corrected chi connectivity index (χ0v) is 6.97. The second-order valence-corrected chi connectivity index (χ2v) is 2.95. The van der Waals surface area contributed by atoms with E-state index >= 15 is 0 Å². The summed E-state index contributed by atoms with van der Waals surface area (Å²) in [6, 6.07) is 1.89. The van der Waals surface area contributed by atoms with Gasteiger partial charge in [0.05, 0.1) is 5.69 Å². The van der Waals surface area contributed by atoms with Gasteiger partial charge in [-0.25, -0.2) is 4.39 Å². The van der Waals surface area contributed by atoms with Gasteiger partial charge < -0.3 is 0 Å². The number of hydrogen-bond acceptors (Lipinski definition) is 1. The fourth-order valence-corrected chi connectivity index (χ4v) is 1.40. The summed E-state index contributed by atoms with van der Waals surface area (Å²) < 4.78 is 13.1. The van der Waals surface area contributed by atoms with Crippen molar-refractivity contribution in [3.05, 3.63) is 35.2 Å². The van der Waals surface area contributed by atoms with Gasteiger partial charge in [0, 0.05) is 18.2 Å². The van der Waals surface area contributed by atoms with Crippen molar-refractivity contribution in [3.63, 3.8) is 0 Å². The third-order valence-corrected chi connectivity index (χ3v) is 2.17. The van der Waals surface area contributed by atoms with E-state index in [-0.39, 0.29) is 5.83 Å². The molecule has 0 N–H and O–H groups in total. The monoisotopic (exact) mass is 163 g/mol. The number of hydrogen-bond donors (Lipinski definition) is 0. The number of pyridine rings is 1. The molecule has 0 fully saturated rings. The third kappa shape index (κ3) is 1.04. The predicted molar refractivity (Wildman–Crippen MR) is 46.4 cm³/mol. The quantitative estimate of drug-likeness (QED) is 0.619. The van der Waals surface area contributed by atoms with Crippen molar-refractivity contribution in [2.75, 3.05) is 0 Å². The van der Waals surface area contributed by atoms with Crippen LogP contribution < -0.4 is 0 Å². The molecular formula is C10H10FN. The van der Waals surface area contributed by atoms with E-state index in [2.05, 4.69) is 4.98 Å². The molecule has 0 bridgehead atoms.